The van der Waals surface area contributed by atoms with E-state index in [-0.39, 0.29) is 40.2 Å². The van der Waals surface area contributed by atoms with Crippen LogP contribution < -0.4 is 20.7 Å². The molecule has 42 heavy (non-hydrogen) atoms. The zero-order chi connectivity index (χ0) is 30.2. The summed E-state index contributed by atoms with van der Waals surface area (Å²) in [6, 6.07) is 7.63. The van der Waals surface area contributed by atoms with Gasteiger partial charge in [0.05, 0.1) is 50.7 Å². The molecule has 1 fully saturated rings. The number of likely N-dealkylation sites (N-methyl/N-ethyl adjacent to an activating group) is 1. The number of hydrogen-bond donors (Lipinski definition) is 3. The van der Waals surface area contributed by atoms with Crippen molar-refractivity contribution < 1.29 is 27.6 Å². The molecule has 5 rings (SSSR count). The van der Waals surface area contributed by atoms with E-state index >= 15 is 0 Å². The first-order valence-electron chi connectivity index (χ1n) is 13.2. The number of imidazole rings is 1. The molecule has 0 aliphatic heterocycles. The van der Waals surface area contributed by atoms with E-state index in [2.05, 4.69) is 25.9 Å². The van der Waals surface area contributed by atoms with Crippen LogP contribution in [0.5, 0.6) is 5.75 Å². The van der Waals surface area contributed by atoms with Crippen molar-refractivity contribution in [3.8, 4) is 17.0 Å². The Labute approximate surface area is 246 Å². The Bertz CT molecular complexity index is 1670. The highest BCUT2D eigenvalue weighted by Crippen LogP contribution is 2.32. The third-order valence-corrected chi connectivity index (χ3v) is 7.22. The number of nitrogens with zero attached hydrogens (tertiary/aromatic N) is 4. The summed E-state index contributed by atoms with van der Waals surface area (Å²) in [4.78, 5) is 33.7. The minimum absolute atomic E-state index is 0.0121. The predicted molar refractivity (Wildman–Crippen MR) is 155 cm³/mol. The van der Waals surface area contributed by atoms with Crippen molar-refractivity contribution in [2.45, 2.75) is 24.9 Å². The summed E-state index contributed by atoms with van der Waals surface area (Å²) >= 11 is 6.47. The summed E-state index contributed by atoms with van der Waals surface area (Å²) in [5.74, 6) is -2.30. The van der Waals surface area contributed by atoms with Crippen molar-refractivity contribution in [1.82, 2.24) is 25.0 Å². The highest BCUT2D eigenvalue weighted by Gasteiger charge is 2.32. The molecular formula is C29H31ClF2N7O3+. The number of aromatic nitrogens is 3. The second-order valence-corrected chi connectivity index (χ2v) is 11.6. The van der Waals surface area contributed by atoms with E-state index < -0.39 is 11.6 Å². The lowest BCUT2D eigenvalue weighted by Gasteiger charge is -2.36. The molecule has 220 valence electrons. The lowest BCUT2D eigenvalue weighted by atomic mass is 9.86. The molecule has 1 aliphatic rings. The summed E-state index contributed by atoms with van der Waals surface area (Å²) in [7, 11) is 7.12. The average molecular weight is 599 g/mol. The van der Waals surface area contributed by atoms with Crippen LogP contribution in [0.1, 0.15) is 23.2 Å². The van der Waals surface area contributed by atoms with Gasteiger partial charge in [0.1, 0.15) is 0 Å². The number of methoxy groups -OCH3 is 1. The van der Waals surface area contributed by atoms with Gasteiger partial charge in [-0.2, -0.15) is 4.39 Å². The summed E-state index contributed by atoms with van der Waals surface area (Å²) in [6.07, 6.45) is 5.82. The highest BCUT2D eigenvalue weighted by atomic mass is 35.5. The van der Waals surface area contributed by atoms with Crippen molar-refractivity contribution in [1.29, 1.82) is 0 Å². The Morgan fingerprint density at radius 2 is 1.81 bits per heavy atom. The minimum Gasteiger partial charge on any atom is -0.494 e. The fraction of sp³-hybridized carbons (Fsp3) is 0.310. The average Bonchev–Trinajstić information content (AvgIpc) is 3.33. The fourth-order valence-electron chi connectivity index (χ4n) is 4.83. The molecule has 0 spiro atoms. The van der Waals surface area contributed by atoms with Crippen LogP contribution in [0.15, 0.2) is 48.9 Å². The quantitative estimate of drug-likeness (QED) is 0.250. The van der Waals surface area contributed by atoms with Crippen LogP contribution in [0.25, 0.3) is 16.9 Å². The zero-order valence-electron chi connectivity index (χ0n) is 23.5. The van der Waals surface area contributed by atoms with Crippen LogP contribution in [-0.2, 0) is 4.79 Å². The SMILES string of the molecule is COc1ccc(-c2cnc3c(Nc4ccc(C(=O)NC5CC(NC(=O)C[N+](C)(C)C)C5)c(Cl)c4)nccn23)c(F)c1F. The highest BCUT2D eigenvalue weighted by molar-refractivity contribution is 6.34. The molecule has 3 N–H and O–H groups in total. The molecule has 1 saturated carbocycles. The number of halogens is 3. The van der Waals surface area contributed by atoms with Crippen LogP contribution in [0.4, 0.5) is 20.3 Å². The molecule has 13 heteroatoms. The third kappa shape index (κ3) is 6.14. The normalized spacial score (nSPS) is 16.5. The topological polar surface area (TPSA) is 110 Å². The van der Waals surface area contributed by atoms with E-state index in [1.165, 1.54) is 31.6 Å². The Kier molecular flexibility index (Phi) is 8.02. The molecule has 0 atom stereocenters. The monoisotopic (exact) mass is 598 g/mol. The number of quaternary nitrogens is 1. The summed E-state index contributed by atoms with van der Waals surface area (Å²) in [6.45, 7) is 0.385. The first kappa shape index (κ1) is 29.2. The first-order valence-corrected chi connectivity index (χ1v) is 13.6. The maximum absolute atomic E-state index is 14.8. The van der Waals surface area contributed by atoms with E-state index in [9.17, 15) is 18.4 Å². The largest absolute Gasteiger partial charge is 0.494 e. The second-order valence-electron chi connectivity index (χ2n) is 11.2. The number of rotatable bonds is 9. The van der Waals surface area contributed by atoms with Gasteiger partial charge in [0.25, 0.3) is 11.8 Å². The van der Waals surface area contributed by atoms with Crippen LogP contribution in [-0.4, -0.2) is 77.5 Å². The van der Waals surface area contributed by atoms with Gasteiger partial charge in [-0.25, -0.2) is 14.4 Å². The van der Waals surface area contributed by atoms with Gasteiger partial charge in [0.15, 0.2) is 29.6 Å². The van der Waals surface area contributed by atoms with Gasteiger partial charge in [-0.05, 0) is 43.2 Å². The number of anilines is 2. The lowest BCUT2D eigenvalue weighted by molar-refractivity contribution is -0.862. The maximum Gasteiger partial charge on any atom is 0.275 e. The van der Waals surface area contributed by atoms with Gasteiger partial charge < -0.3 is 25.2 Å². The van der Waals surface area contributed by atoms with Gasteiger partial charge in [-0.3, -0.25) is 14.0 Å². The van der Waals surface area contributed by atoms with Crippen molar-refractivity contribution in [2.24, 2.45) is 0 Å². The Balaban J connectivity index is 1.25. The Morgan fingerprint density at radius 3 is 2.50 bits per heavy atom. The first-order chi connectivity index (χ1) is 19.9. The van der Waals surface area contributed by atoms with Crippen LogP contribution in [0.3, 0.4) is 0 Å². The molecule has 1 aliphatic carbocycles. The van der Waals surface area contributed by atoms with Crippen LogP contribution >= 0.6 is 11.6 Å². The standard InChI is InChI=1S/C29H30ClF2N7O3/c1-39(2,3)15-24(40)35-17-11-18(12-17)37-29(41)19-6-5-16(13-21(19)30)36-27-28-34-14-22(38(28)10-9-33-27)20-7-8-23(42-4)26(32)25(20)31/h5-10,13-14,17-18H,11-12,15H2,1-4H3,(H2-,33,35,36,37,40,41)/p+1. The van der Waals surface area contributed by atoms with Crippen molar-refractivity contribution >= 4 is 40.6 Å². The number of fused-ring (bicyclic) bond motifs is 1. The van der Waals surface area contributed by atoms with E-state index in [1.807, 2.05) is 21.1 Å². The van der Waals surface area contributed by atoms with Gasteiger partial charge in [-0.1, -0.05) is 11.6 Å². The summed E-state index contributed by atoms with van der Waals surface area (Å²) < 4.78 is 36.1. The second kappa shape index (κ2) is 11.5. The molecule has 0 radical (unpaired) electrons. The number of benzene rings is 2. The van der Waals surface area contributed by atoms with Crippen LogP contribution in [0, 0.1) is 11.6 Å². The van der Waals surface area contributed by atoms with Gasteiger partial charge >= 0.3 is 0 Å². The summed E-state index contributed by atoms with van der Waals surface area (Å²) in [5, 5.41) is 9.32. The van der Waals surface area contributed by atoms with Crippen molar-refractivity contribution in [2.75, 3.05) is 40.1 Å². The van der Waals surface area contributed by atoms with E-state index in [0.717, 1.165) is 0 Å². The Morgan fingerprint density at radius 1 is 1.07 bits per heavy atom. The fourth-order valence-corrected chi connectivity index (χ4v) is 5.09. The maximum atomic E-state index is 14.8. The van der Waals surface area contributed by atoms with Crippen LogP contribution in [0.2, 0.25) is 5.02 Å². The molecule has 0 bridgehead atoms. The molecule has 4 aromatic rings. The number of hydrogen-bond acceptors (Lipinski definition) is 6. The zero-order valence-corrected chi connectivity index (χ0v) is 24.3. The smallest absolute Gasteiger partial charge is 0.275 e. The predicted octanol–water partition coefficient (Wildman–Crippen LogP) is 4.16. The lowest BCUT2D eigenvalue weighted by Crippen LogP contribution is -2.56. The molecule has 2 amide bonds. The number of carbonyl (C=O) groups excluding carboxylic acids is 2. The number of nitrogens with one attached hydrogen (secondary N) is 3. The molecule has 2 aromatic carbocycles. The van der Waals surface area contributed by atoms with Gasteiger partial charge in [0, 0.05) is 35.7 Å². The number of ether oxygens (including phenoxy) is 1. The van der Waals surface area contributed by atoms with Crippen molar-refractivity contribution in [3.63, 3.8) is 0 Å². The van der Waals surface area contributed by atoms with Gasteiger partial charge in [0.2, 0.25) is 5.82 Å². The summed E-state index contributed by atoms with van der Waals surface area (Å²) in [5.41, 5.74) is 1.57. The van der Waals surface area contributed by atoms with E-state index in [1.54, 1.807) is 28.8 Å². The third-order valence-electron chi connectivity index (χ3n) is 6.90. The molecule has 0 saturated heterocycles. The molecule has 0 unspecified atom stereocenters. The molecule has 2 aromatic heterocycles. The van der Waals surface area contributed by atoms with Crippen molar-refractivity contribution in [3.05, 3.63) is 71.1 Å². The van der Waals surface area contributed by atoms with E-state index in [4.69, 9.17) is 16.3 Å². The van der Waals surface area contributed by atoms with E-state index in [0.29, 0.717) is 52.3 Å². The number of amides is 2. The minimum atomic E-state index is -1.09. The van der Waals surface area contributed by atoms with Gasteiger partial charge in [-0.15, -0.1) is 0 Å². The number of carbonyl (C=O) groups is 2. The molecular weight excluding hydrogens is 568 g/mol. The molecule has 10 nitrogen and oxygen atoms in total. The Hall–Kier alpha value is -4.29. The molecule has 2 heterocycles.